The number of aliphatic carboxylic acids is 1. The van der Waals surface area contributed by atoms with Gasteiger partial charge in [-0.2, -0.15) is 0 Å². The van der Waals surface area contributed by atoms with Gasteiger partial charge in [-0.25, -0.2) is 9.59 Å². The highest BCUT2D eigenvalue weighted by Crippen LogP contribution is 2.39. The van der Waals surface area contributed by atoms with Gasteiger partial charge in [-0.1, -0.05) is 30.1 Å². The quantitative estimate of drug-likeness (QED) is 0.703. The predicted molar refractivity (Wildman–Crippen MR) is 92.0 cm³/mol. The van der Waals surface area contributed by atoms with Crippen LogP contribution in [0.1, 0.15) is 22.8 Å². The van der Waals surface area contributed by atoms with Crippen LogP contribution in [0.5, 0.6) is 5.75 Å². The number of aromatic amines is 1. The molecule has 0 fully saturated rings. The van der Waals surface area contributed by atoms with Crippen molar-refractivity contribution < 1.29 is 24.5 Å². The smallest absolute Gasteiger partial charge is 0.341 e. The van der Waals surface area contributed by atoms with Crippen molar-refractivity contribution in [3.8, 4) is 17.0 Å². The van der Waals surface area contributed by atoms with Crippen LogP contribution in [-0.4, -0.2) is 33.7 Å². The van der Waals surface area contributed by atoms with E-state index in [1.807, 2.05) is 0 Å². The molecular formula is C16H13Cl2NO6. The van der Waals surface area contributed by atoms with Crippen molar-refractivity contribution >= 4 is 35.1 Å². The number of nitrogens with one attached hydrogen (secondary N) is 1. The van der Waals surface area contributed by atoms with Crippen LogP contribution in [0.3, 0.4) is 0 Å². The molecule has 0 saturated carbocycles. The van der Waals surface area contributed by atoms with Crippen molar-refractivity contribution in [1.82, 2.24) is 4.98 Å². The number of aromatic nitrogens is 1. The van der Waals surface area contributed by atoms with Gasteiger partial charge in [0.15, 0.2) is 6.61 Å². The summed E-state index contributed by atoms with van der Waals surface area (Å²) in [6, 6.07) is 4.22. The lowest BCUT2D eigenvalue weighted by molar-refractivity contribution is -0.139. The topological polar surface area (TPSA) is 117 Å². The SMILES string of the molecule is CCc1cc(C(=O)O)c(=O)[nH]c1-c1ccc(OCC(=O)O)c(Cl)c1Cl. The summed E-state index contributed by atoms with van der Waals surface area (Å²) in [5.41, 5.74) is 0.144. The van der Waals surface area contributed by atoms with Crippen LogP contribution in [0.2, 0.25) is 10.0 Å². The van der Waals surface area contributed by atoms with Crippen molar-refractivity contribution in [2.24, 2.45) is 0 Å². The van der Waals surface area contributed by atoms with E-state index in [0.717, 1.165) is 0 Å². The normalized spacial score (nSPS) is 10.5. The van der Waals surface area contributed by atoms with Gasteiger partial charge in [-0.3, -0.25) is 4.79 Å². The zero-order valence-electron chi connectivity index (χ0n) is 12.9. The maximum Gasteiger partial charge on any atom is 0.341 e. The molecular weight excluding hydrogens is 373 g/mol. The number of carbonyl (C=O) groups is 2. The van der Waals surface area contributed by atoms with Crippen LogP contribution in [0.25, 0.3) is 11.3 Å². The molecule has 1 heterocycles. The summed E-state index contributed by atoms with van der Waals surface area (Å²) in [5, 5.41) is 17.7. The molecule has 0 unspecified atom stereocenters. The van der Waals surface area contributed by atoms with Gasteiger partial charge in [0, 0.05) is 5.56 Å². The molecule has 0 atom stereocenters. The van der Waals surface area contributed by atoms with E-state index in [-0.39, 0.29) is 21.4 Å². The first-order chi connectivity index (χ1) is 11.8. The number of benzene rings is 1. The summed E-state index contributed by atoms with van der Waals surface area (Å²) in [5.74, 6) is -2.41. The Bertz CT molecular complexity index is 906. The molecule has 132 valence electrons. The molecule has 0 saturated heterocycles. The van der Waals surface area contributed by atoms with E-state index in [2.05, 4.69) is 4.98 Å². The molecule has 0 aliphatic carbocycles. The number of ether oxygens (including phenoxy) is 1. The van der Waals surface area contributed by atoms with Crippen molar-refractivity contribution in [2.75, 3.05) is 6.61 Å². The largest absolute Gasteiger partial charge is 0.480 e. The van der Waals surface area contributed by atoms with Gasteiger partial charge in [0.1, 0.15) is 16.3 Å². The van der Waals surface area contributed by atoms with Crippen LogP contribution in [0, 0.1) is 0 Å². The van der Waals surface area contributed by atoms with E-state index < -0.39 is 24.1 Å². The number of carboxylic acids is 2. The third-order valence-corrected chi connectivity index (χ3v) is 4.27. The van der Waals surface area contributed by atoms with Crippen LogP contribution in [-0.2, 0) is 11.2 Å². The molecule has 25 heavy (non-hydrogen) atoms. The molecule has 2 aromatic rings. The van der Waals surface area contributed by atoms with Crippen LogP contribution < -0.4 is 10.3 Å². The average molecular weight is 386 g/mol. The molecule has 1 aromatic carbocycles. The second-order valence-electron chi connectivity index (χ2n) is 4.99. The Morgan fingerprint density at radius 1 is 1.20 bits per heavy atom. The lowest BCUT2D eigenvalue weighted by Crippen LogP contribution is -2.19. The minimum Gasteiger partial charge on any atom is -0.480 e. The van der Waals surface area contributed by atoms with Gasteiger partial charge in [-0.15, -0.1) is 0 Å². The molecule has 3 N–H and O–H groups in total. The zero-order chi connectivity index (χ0) is 18.7. The summed E-state index contributed by atoms with van der Waals surface area (Å²) < 4.78 is 5.04. The summed E-state index contributed by atoms with van der Waals surface area (Å²) >= 11 is 12.3. The van der Waals surface area contributed by atoms with Crippen molar-refractivity contribution in [1.29, 1.82) is 0 Å². The fraction of sp³-hybridized carbons (Fsp3) is 0.188. The van der Waals surface area contributed by atoms with Crippen LogP contribution in [0.15, 0.2) is 23.0 Å². The Hall–Kier alpha value is -2.51. The van der Waals surface area contributed by atoms with Crippen molar-refractivity contribution in [3.05, 3.63) is 49.7 Å². The highest BCUT2D eigenvalue weighted by molar-refractivity contribution is 6.44. The number of aromatic carboxylic acids is 1. The van der Waals surface area contributed by atoms with Gasteiger partial charge in [0.25, 0.3) is 5.56 Å². The monoisotopic (exact) mass is 385 g/mol. The number of pyridine rings is 1. The standard InChI is InChI=1S/C16H13Cl2NO6/c1-2-7-5-9(16(23)24)15(22)19-14(7)8-3-4-10(13(18)12(8)17)25-6-11(20)21/h3-5H,2,6H2,1H3,(H,19,22)(H,20,21)(H,23,24). The maximum absolute atomic E-state index is 12.0. The fourth-order valence-corrected chi connectivity index (χ4v) is 2.70. The van der Waals surface area contributed by atoms with Gasteiger partial charge in [-0.05, 0) is 30.2 Å². The molecule has 0 radical (unpaired) electrons. The number of carboxylic acid groups (broad SMARTS) is 2. The first kappa shape index (κ1) is 18.8. The minimum absolute atomic E-state index is 0.00868. The predicted octanol–water partition coefficient (Wildman–Crippen LogP) is 3.07. The minimum atomic E-state index is -1.33. The molecule has 0 spiro atoms. The maximum atomic E-state index is 12.0. The molecule has 0 amide bonds. The number of H-pyrrole nitrogens is 1. The first-order valence-electron chi connectivity index (χ1n) is 7.08. The van der Waals surface area contributed by atoms with E-state index in [0.29, 0.717) is 23.2 Å². The highest BCUT2D eigenvalue weighted by Gasteiger charge is 2.19. The Kier molecular flexibility index (Phi) is 5.71. The second kappa shape index (κ2) is 7.58. The summed E-state index contributed by atoms with van der Waals surface area (Å²) in [7, 11) is 0. The molecule has 0 aliphatic rings. The van der Waals surface area contributed by atoms with Gasteiger partial charge in [0.05, 0.1) is 10.7 Å². The zero-order valence-corrected chi connectivity index (χ0v) is 14.4. The molecule has 2 rings (SSSR count). The molecule has 0 aliphatic heterocycles. The lowest BCUT2D eigenvalue weighted by atomic mass is 10.0. The second-order valence-corrected chi connectivity index (χ2v) is 5.75. The van der Waals surface area contributed by atoms with E-state index in [1.54, 1.807) is 6.92 Å². The Balaban J connectivity index is 2.57. The first-order valence-corrected chi connectivity index (χ1v) is 7.84. The van der Waals surface area contributed by atoms with Crippen LogP contribution in [0.4, 0.5) is 0 Å². The van der Waals surface area contributed by atoms with Gasteiger partial charge >= 0.3 is 11.9 Å². The summed E-state index contributed by atoms with van der Waals surface area (Å²) in [4.78, 5) is 36.2. The molecule has 0 bridgehead atoms. The lowest BCUT2D eigenvalue weighted by Gasteiger charge is -2.14. The summed E-state index contributed by atoms with van der Waals surface area (Å²) in [6.07, 6.45) is 0.442. The third kappa shape index (κ3) is 3.94. The van der Waals surface area contributed by atoms with E-state index in [9.17, 15) is 14.4 Å². The van der Waals surface area contributed by atoms with Gasteiger partial charge in [0.2, 0.25) is 0 Å². The highest BCUT2D eigenvalue weighted by atomic mass is 35.5. The molecule has 9 heteroatoms. The van der Waals surface area contributed by atoms with Crippen LogP contribution >= 0.6 is 23.2 Å². The number of halogens is 2. The Morgan fingerprint density at radius 2 is 1.88 bits per heavy atom. The fourth-order valence-electron chi connectivity index (χ4n) is 2.23. The number of rotatable bonds is 6. The summed E-state index contributed by atoms with van der Waals surface area (Å²) in [6.45, 7) is 1.21. The van der Waals surface area contributed by atoms with E-state index in [4.69, 9.17) is 38.2 Å². The average Bonchev–Trinajstić information content (AvgIpc) is 2.55. The van der Waals surface area contributed by atoms with Crippen molar-refractivity contribution in [2.45, 2.75) is 13.3 Å². The third-order valence-electron chi connectivity index (χ3n) is 3.40. The van der Waals surface area contributed by atoms with Gasteiger partial charge < -0.3 is 19.9 Å². The Labute approximate surface area is 151 Å². The van der Waals surface area contributed by atoms with Crippen molar-refractivity contribution in [3.63, 3.8) is 0 Å². The molecule has 7 nitrogen and oxygen atoms in total. The number of hydrogen-bond donors (Lipinski definition) is 3. The Morgan fingerprint density at radius 3 is 2.44 bits per heavy atom. The van der Waals surface area contributed by atoms with E-state index in [1.165, 1.54) is 18.2 Å². The molecule has 1 aromatic heterocycles. The number of aryl methyl sites for hydroxylation is 1. The number of hydrogen-bond acceptors (Lipinski definition) is 4. The van der Waals surface area contributed by atoms with E-state index >= 15 is 0 Å².